The fourth-order valence-electron chi connectivity index (χ4n) is 0.105. The maximum Gasteiger partial charge on any atom is 0.303 e. The Morgan fingerprint density at radius 3 is 2.00 bits per heavy atom. The van der Waals surface area contributed by atoms with Crippen molar-refractivity contribution in [2.75, 3.05) is 6.61 Å². The van der Waals surface area contributed by atoms with E-state index in [1.807, 2.05) is 6.92 Å². The Balaban J connectivity index is 0. The minimum Gasteiger partial charge on any atom is -0.481 e. The predicted molar refractivity (Wildman–Crippen MR) is 39.8 cm³/mol. The van der Waals surface area contributed by atoms with Crippen molar-refractivity contribution < 1.29 is 15.0 Å². The number of carboxylic acids is 1. The summed E-state index contributed by atoms with van der Waals surface area (Å²) in [6.07, 6.45) is 3.71. The number of aliphatic hydroxyl groups excluding tert-OH is 1. The standard InChI is InChI=1S/C4H8O.C3H6O2/c1-2-3-4-5;1-2-3(4)5/h2-3,5H,4H2,1H3;2H2,1H3,(H,4,5). The monoisotopic (exact) mass is 146 g/mol. The summed E-state index contributed by atoms with van der Waals surface area (Å²) >= 11 is 0. The summed E-state index contributed by atoms with van der Waals surface area (Å²) in [6, 6.07) is 0. The van der Waals surface area contributed by atoms with Crippen molar-refractivity contribution in [2.45, 2.75) is 20.3 Å². The molecule has 0 aromatic carbocycles. The van der Waals surface area contributed by atoms with Crippen molar-refractivity contribution in [3.63, 3.8) is 0 Å². The molecule has 10 heavy (non-hydrogen) atoms. The first-order chi connectivity index (χ1) is 4.68. The Labute approximate surface area is 61.0 Å². The van der Waals surface area contributed by atoms with Crippen LogP contribution in [0.1, 0.15) is 20.3 Å². The van der Waals surface area contributed by atoms with E-state index in [0.29, 0.717) is 0 Å². The molecule has 3 nitrogen and oxygen atoms in total. The Morgan fingerprint density at radius 2 is 2.00 bits per heavy atom. The van der Waals surface area contributed by atoms with Gasteiger partial charge in [0.05, 0.1) is 6.61 Å². The second kappa shape index (κ2) is 11.0. The predicted octanol–water partition coefficient (Wildman–Crippen LogP) is 1.04. The second-order valence-corrected chi connectivity index (χ2v) is 1.50. The highest BCUT2D eigenvalue weighted by Crippen LogP contribution is 1.67. The molecule has 2 N–H and O–H groups in total. The Kier molecular flexibility index (Phi) is 13.1. The van der Waals surface area contributed by atoms with Gasteiger partial charge in [-0.25, -0.2) is 0 Å². The average Bonchev–Trinajstić information content (AvgIpc) is 1.91. The van der Waals surface area contributed by atoms with Crippen molar-refractivity contribution in [1.82, 2.24) is 0 Å². The van der Waals surface area contributed by atoms with Gasteiger partial charge in [0.1, 0.15) is 0 Å². The van der Waals surface area contributed by atoms with Crippen molar-refractivity contribution in [3.8, 4) is 0 Å². The molecule has 0 aromatic heterocycles. The molecule has 0 heterocycles. The third kappa shape index (κ3) is 27.2. The smallest absolute Gasteiger partial charge is 0.303 e. The first-order valence-electron chi connectivity index (χ1n) is 3.12. The summed E-state index contributed by atoms with van der Waals surface area (Å²) in [5.41, 5.74) is 0. The van der Waals surface area contributed by atoms with Crippen LogP contribution in [0, 0.1) is 0 Å². The molecular formula is C7H14O3. The maximum absolute atomic E-state index is 9.37. The third-order valence-corrected chi connectivity index (χ3v) is 0.644. The number of aliphatic hydroxyl groups is 1. The highest BCUT2D eigenvalue weighted by Gasteiger charge is 1.80. The summed E-state index contributed by atoms with van der Waals surface area (Å²) in [7, 11) is 0. The molecule has 0 bridgehead atoms. The van der Waals surface area contributed by atoms with Gasteiger partial charge in [0.15, 0.2) is 0 Å². The normalized spacial score (nSPS) is 8.70. The SMILES string of the molecule is CC=CCO.CCC(=O)O. The summed E-state index contributed by atoms with van der Waals surface area (Å²) in [4.78, 5) is 9.37. The van der Waals surface area contributed by atoms with E-state index >= 15 is 0 Å². The van der Waals surface area contributed by atoms with Gasteiger partial charge in [0.2, 0.25) is 0 Å². The molecule has 0 atom stereocenters. The number of hydrogen-bond donors (Lipinski definition) is 2. The largest absolute Gasteiger partial charge is 0.481 e. The van der Waals surface area contributed by atoms with Crippen molar-refractivity contribution >= 4 is 5.97 Å². The van der Waals surface area contributed by atoms with E-state index in [4.69, 9.17) is 10.2 Å². The minimum absolute atomic E-state index is 0.163. The lowest BCUT2D eigenvalue weighted by Gasteiger charge is -1.71. The molecule has 0 unspecified atom stereocenters. The van der Waals surface area contributed by atoms with Crippen LogP contribution in [0.2, 0.25) is 0 Å². The molecule has 0 spiro atoms. The number of aliphatic carboxylic acids is 1. The first kappa shape index (κ1) is 11.9. The highest BCUT2D eigenvalue weighted by molar-refractivity contribution is 5.66. The fourth-order valence-corrected chi connectivity index (χ4v) is 0.105. The molecule has 0 radical (unpaired) electrons. The van der Waals surface area contributed by atoms with E-state index in [9.17, 15) is 4.79 Å². The van der Waals surface area contributed by atoms with Gasteiger partial charge in [0, 0.05) is 6.42 Å². The van der Waals surface area contributed by atoms with Crippen LogP contribution in [0.3, 0.4) is 0 Å². The van der Waals surface area contributed by atoms with Crippen LogP contribution in [0.4, 0.5) is 0 Å². The number of allylic oxidation sites excluding steroid dienone is 1. The van der Waals surface area contributed by atoms with Crippen LogP contribution in [0.25, 0.3) is 0 Å². The van der Waals surface area contributed by atoms with E-state index in [2.05, 4.69) is 0 Å². The molecule has 0 amide bonds. The molecule has 0 saturated carbocycles. The molecule has 3 heteroatoms. The van der Waals surface area contributed by atoms with Crippen LogP contribution in [-0.4, -0.2) is 22.8 Å². The van der Waals surface area contributed by atoms with Gasteiger partial charge >= 0.3 is 5.97 Å². The van der Waals surface area contributed by atoms with Gasteiger partial charge in [-0.15, -0.1) is 0 Å². The quantitative estimate of drug-likeness (QED) is 0.572. The van der Waals surface area contributed by atoms with Crippen molar-refractivity contribution in [2.24, 2.45) is 0 Å². The molecule has 0 aliphatic heterocycles. The lowest BCUT2D eigenvalue weighted by atomic mass is 10.5. The van der Waals surface area contributed by atoms with Crippen molar-refractivity contribution in [3.05, 3.63) is 12.2 Å². The zero-order chi connectivity index (χ0) is 8.41. The number of rotatable bonds is 2. The molecule has 0 saturated heterocycles. The zero-order valence-corrected chi connectivity index (χ0v) is 6.37. The fraction of sp³-hybridized carbons (Fsp3) is 0.571. The van der Waals surface area contributed by atoms with E-state index in [1.54, 1.807) is 19.1 Å². The maximum atomic E-state index is 9.37. The zero-order valence-electron chi connectivity index (χ0n) is 6.37. The molecule has 60 valence electrons. The molecule has 0 rings (SSSR count). The highest BCUT2D eigenvalue weighted by atomic mass is 16.4. The summed E-state index contributed by atoms with van der Waals surface area (Å²) in [6.45, 7) is 3.63. The van der Waals surface area contributed by atoms with E-state index in [1.165, 1.54) is 0 Å². The first-order valence-corrected chi connectivity index (χ1v) is 3.12. The lowest BCUT2D eigenvalue weighted by Crippen LogP contribution is -1.86. The van der Waals surface area contributed by atoms with E-state index in [0.717, 1.165) is 0 Å². The Bertz CT molecular complexity index is 97.0. The summed E-state index contributed by atoms with van der Waals surface area (Å²) < 4.78 is 0. The van der Waals surface area contributed by atoms with Gasteiger partial charge < -0.3 is 10.2 Å². The van der Waals surface area contributed by atoms with Crippen LogP contribution >= 0.6 is 0 Å². The second-order valence-electron chi connectivity index (χ2n) is 1.50. The molecular weight excluding hydrogens is 132 g/mol. The van der Waals surface area contributed by atoms with Crippen LogP contribution < -0.4 is 0 Å². The number of carboxylic acid groups (broad SMARTS) is 1. The van der Waals surface area contributed by atoms with Crippen LogP contribution in [0.15, 0.2) is 12.2 Å². The third-order valence-electron chi connectivity index (χ3n) is 0.644. The van der Waals surface area contributed by atoms with Gasteiger partial charge in [-0.05, 0) is 6.92 Å². The minimum atomic E-state index is -0.745. The Hall–Kier alpha value is -0.830. The molecule has 0 aliphatic rings. The molecule has 0 fully saturated rings. The van der Waals surface area contributed by atoms with Gasteiger partial charge in [-0.1, -0.05) is 19.1 Å². The summed E-state index contributed by atoms with van der Waals surface area (Å²) in [5.74, 6) is -0.745. The van der Waals surface area contributed by atoms with Crippen LogP contribution in [0.5, 0.6) is 0 Å². The van der Waals surface area contributed by atoms with Gasteiger partial charge in [-0.3, -0.25) is 4.79 Å². The van der Waals surface area contributed by atoms with E-state index in [-0.39, 0.29) is 13.0 Å². The Morgan fingerprint density at radius 1 is 1.60 bits per heavy atom. The number of hydrogen-bond acceptors (Lipinski definition) is 2. The summed E-state index contributed by atoms with van der Waals surface area (Å²) in [5, 5.41) is 15.7. The topological polar surface area (TPSA) is 57.5 Å². The molecule has 0 aromatic rings. The van der Waals surface area contributed by atoms with E-state index < -0.39 is 5.97 Å². The average molecular weight is 146 g/mol. The van der Waals surface area contributed by atoms with Crippen molar-refractivity contribution in [1.29, 1.82) is 0 Å². The molecule has 0 aliphatic carbocycles. The van der Waals surface area contributed by atoms with Crippen LogP contribution in [-0.2, 0) is 4.79 Å². The lowest BCUT2D eigenvalue weighted by molar-refractivity contribution is -0.136. The number of carbonyl (C=O) groups is 1. The van der Waals surface area contributed by atoms with Gasteiger partial charge in [0.25, 0.3) is 0 Å². The van der Waals surface area contributed by atoms with Gasteiger partial charge in [-0.2, -0.15) is 0 Å².